The first-order valence-corrected chi connectivity index (χ1v) is 9.72. The molecule has 0 N–H and O–H groups in total. The minimum atomic E-state index is -0.803. The van der Waals surface area contributed by atoms with Crippen molar-refractivity contribution >= 4 is 29.5 Å². The number of fused-ring (bicyclic) bond motifs is 1. The first-order valence-electron chi connectivity index (χ1n) is 9.72. The Morgan fingerprint density at radius 1 is 1.24 bits per heavy atom. The van der Waals surface area contributed by atoms with Crippen LogP contribution >= 0.6 is 0 Å². The van der Waals surface area contributed by atoms with Crippen molar-refractivity contribution in [2.75, 3.05) is 20.1 Å². The lowest BCUT2D eigenvalue weighted by Gasteiger charge is -2.33. The molecule has 1 saturated heterocycles. The van der Waals surface area contributed by atoms with Gasteiger partial charge in [0.25, 0.3) is 5.91 Å². The number of likely N-dealkylation sites (N-methyl/N-ethyl adjacent to an activating group) is 1. The number of amidine groups is 1. The minimum absolute atomic E-state index is 0.260. The number of urea groups is 1. The molecular formula is C20H27N6O3+. The molecule has 0 aliphatic carbocycles. The Kier molecular flexibility index (Phi) is 5.50. The number of carbonyl (C=O) groups is 3. The summed E-state index contributed by atoms with van der Waals surface area (Å²) in [5, 5.41) is 4.65. The first kappa shape index (κ1) is 20.6. The van der Waals surface area contributed by atoms with Gasteiger partial charge in [0.15, 0.2) is 0 Å². The number of aryl methyl sites for hydroxylation is 2. The van der Waals surface area contributed by atoms with Gasteiger partial charge in [-0.1, -0.05) is 25.4 Å². The SMILES string of the molecule is C=C(C)C[N+]1=C(n2nc(CC)cc2CC)N=C2C1C(=O)N(CC(C)=O)C(=O)N2C. The molecule has 2 aliphatic heterocycles. The van der Waals surface area contributed by atoms with Crippen molar-refractivity contribution in [2.24, 2.45) is 4.99 Å². The van der Waals surface area contributed by atoms with Crippen LogP contribution in [0.1, 0.15) is 39.1 Å². The number of nitrogens with zero attached hydrogens (tertiary/aromatic N) is 6. The van der Waals surface area contributed by atoms with Crippen LogP contribution in [-0.2, 0) is 22.4 Å². The molecule has 3 heterocycles. The Morgan fingerprint density at radius 2 is 1.93 bits per heavy atom. The van der Waals surface area contributed by atoms with E-state index in [2.05, 4.69) is 16.7 Å². The summed E-state index contributed by atoms with van der Waals surface area (Å²) in [6.45, 7) is 11.4. The Balaban J connectivity index is 2.17. The molecule has 0 aromatic carbocycles. The summed E-state index contributed by atoms with van der Waals surface area (Å²) in [5.74, 6) is 0.107. The Bertz CT molecular complexity index is 971. The highest BCUT2D eigenvalue weighted by Gasteiger charge is 2.53. The van der Waals surface area contributed by atoms with Crippen LogP contribution in [0, 0.1) is 0 Å². The molecular weight excluding hydrogens is 372 g/mol. The molecule has 29 heavy (non-hydrogen) atoms. The van der Waals surface area contributed by atoms with Crippen molar-refractivity contribution in [3.63, 3.8) is 0 Å². The van der Waals surface area contributed by atoms with Crippen LogP contribution in [0.2, 0.25) is 0 Å². The van der Waals surface area contributed by atoms with Gasteiger partial charge in [0, 0.05) is 13.5 Å². The second kappa shape index (κ2) is 7.73. The number of imide groups is 1. The lowest BCUT2D eigenvalue weighted by Crippen LogP contribution is -2.63. The Morgan fingerprint density at radius 3 is 2.48 bits per heavy atom. The van der Waals surface area contributed by atoms with Gasteiger partial charge in [-0.25, -0.2) is 9.37 Å². The maximum absolute atomic E-state index is 13.2. The van der Waals surface area contributed by atoms with Crippen molar-refractivity contribution < 1.29 is 19.0 Å². The van der Waals surface area contributed by atoms with Gasteiger partial charge in [-0.15, -0.1) is 9.78 Å². The highest BCUT2D eigenvalue weighted by atomic mass is 16.2. The number of rotatable bonds is 6. The largest absolute Gasteiger partial charge is 0.421 e. The van der Waals surface area contributed by atoms with Crippen molar-refractivity contribution in [2.45, 2.75) is 46.6 Å². The molecule has 1 unspecified atom stereocenters. The molecule has 9 nitrogen and oxygen atoms in total. The maximum atomic E-state index is 13.2. The molecule has 1 fully saturated rings. The molecule has 1 aromatic heterocycles. The van der Waals surface area contributed by atoms with Gasteiger partial charge in [0.2, 0.25) is 11.9 Å². The summed E-state index contributed by atoms with van der Waals surface area (Å²) >= 11 is 0. The topological polar surface area (TPSA) is 90.9 Å². The van der Waals surface area contributed by atoms with Crippen LogP contribution in [0.5, 0.6) is 0 Å². The number of carbonyl (C=O) groups excluding carboxylic acids is 3. The highest BCUT2D eigenvalue weighted by molar-refractivity contribution is 6.23. The van der Waals surface area contributed by atoms with Gasteiger partial charge >= 0.3 is 12.0 Å². The molecule has 0 radical (unpaired) electrons. The van der Waals surface area contributed by atoms with Gasteiger partial charge in [0.1, 0.15) is 11.5 Å². The monoisotopic (exact) mass is 399 g/mol. The van der Waals surface area contributed by atoms with Crippen LogP contribution in [0.15, 0.2) is 23.2 Å². The Hall–Kier alpha value is -3.10. The normalized spacial score (nSPS) is 19.1. The molecule has 1 atom stereocenters. The number of amides is 3. The predicted molar refractivity (Wildman–Crippen MR) is 108 cm³/mol. The third-order valence-electron chi connectivity index (χ3n) is 4.96. The average Bonchev–Trinajstić information content (AvgIpc) is 3.24. The lowest BCUT2D eigenvalue weighted by molar-refractivity contribution is -0.529. The van der Waals surface area contributed by atoms with Crippen LogP contribution in [-0.4, -0.2) is 79.9 Å². The smallest absolute Gasteiger partial charge is 0.298 e. The second-order valence-corrected chi connectivity index (χ2v) is 7.47. The third kappa shape index (κ3) is 3.52. The first-order chi connectivity index (χ1) is 13.7. The zero-order valence-corrected chi connectivity index (χ0v) is 17.6. The van der Waals surface area contributed by atoms with E-state index in [0.717, 1.165) is 34.7 Å². The number of hydrogen-bond donors (Lipinski definition) is 0. The van der Waals surface area contributed by atoms with Crippen LogP contribution < -0.4 is 0 Å². The fourth-order valence-corrected chi connectivity index (χ4v) is 3.57. The zero-order valence-electron chi connectivity index (χ0n) is 17.6. The Labute approximate surface area is 170 Å². The molecule has 0 bridgehead atoms. The maximum Gasteiger partial charge on any atom is 0.421 e. The van der Waals surface area contributed by atoms with E-state index in [9.17, 15) is 14.4 Å². The number of aliphatic imine (C=N–C) groups is 1. The second-order valence-electron chi connectivity index (χ2n) is 7.47. The van der Waals surface area contributed by atoms with E-state index in [1.165, 1.54) is 11.8 Å². The molecule has 154 valence electrons. The summed E-state index contributed by atoms with van der Waals surface area (Å²) < 4.78 is 3.55. The van der Waals surface area contributed by atoms with Crippen molar-refractivity contribution in [3.8, 4) is 0 Å². The quantitative estimate of drug-likeness (QED) is 0.528. The summed E-state index contributed by atoms with van der Waals surface area (Å²) in [6.07, 6.45) is 1.52. The fourth-order valence-electron chi connectivity index (χ4n) is 3.57. The van der Waals surface area contributed by atoms with E-state index < -0.39 is 18.0 Å². The molecule has 3 rings (SSSR count). The lowest BCUT2D eigenvalue weighted by atomic mass is 10.1. The van der Waals surface area contributed by atoms with Crippen LogP contribution in [0.4, 0.5) is 4.79 Å². The van der Waals surface area contributed by atoms with Crippen molar-refractivity contribution in [1.29, 1.82) is 0 Å². The van der Waals surface area contributed by atoms with Gasteiger partial charge in [-0.3, -0.25) is 19.4 Å². The van der Waals surface area contributed by atoms with Gasteiger partial charge < -0.3 is 0 Å². The number of Topliss-reactive ketones (excluding diaryl/α,β-unsaturated/α-hetero) is 1. The van der Waals surface area contributed by atoms with Gasteiger partial charge in [-0.2, -0.15) is 0 Å². The number of ketones is 1. The van der Waals surface area contributed by atoms with Crippen molar-refractivity contribution in [3.05, 3.63) is 29.6 Å². The highest BCUT2D eigenvalue weighted by Crippen LogP contribution is 2.22. The molecule has 1 aromatic rings. The van der Waals surface area contributed by atoms with E-state index >= 15 is 0 Å². The zero-order chi connectivity index (χ0) is 21.5. The summed E-state index contributed by atoms with van der Waals surface area (Å²) in [4.78, 5) is 44.5. The molecule has 2 aliphatic rings. The van der Waals surface area contributed by atoms with Gasteiger partial charge in [0.05, 0.1) is 18.8 Å². The van der Waals surface area contributed by atoms with E-state index in [4.69, 9.17) is 0 Å². The number of aromatic nitrogens is 2. The standard InChI is InChI=1S/C20H27N6O3/c1-7-14-9-15(8-2)26(22-14)19-21-17-16(24(19)10-12(3)4)18(28)25(11-13(5)27)20(29)23(17)6/h9,16H,3,7-8,10-11H2,1-2,4-6H3/q+1. The van der Waals surface area contributed by atoms with E-state index in [1.807, 2.05) is 31.4 Å². The molecule has 9 heteroatoms. The van der Waals surface area contributed by atoms with Crippen molar-refractivity contribution in [1.82, 2.24) is 19.6 Å². The summed E-state index contributed by atoms with van der Waals surface area (Å²) in [7, 11) is 1.57. The van der Waals surface area contributed by atoms with E-state index in [0.29, 0.717) is 18.3 Å². The molecule has 0 spiro atoms. The molecule has 3 amide bonds. The summed E-state index contributed by atoms with van der Waals surface area (Å²) in [6, 6.07) is 0.664. The van der Waals surface area contributed by atoms with Crippen LogP contribution in [0.25, 0.3) is 0 Å². The summed E-state index contributed by atoms with van der Waals surface area (Å²) in [5.41, 5.74) is 2.73. The van der Waals surface area contributed by atoms with Crippen LogP contribution in [0.3, 0.4) is 0 Å². The average molecular weight is 399 g/mol. The predicted octanol–water partition coefficient (Wildman–Crippen LogP) is 1.06. The van der Waals surface area contributed by atoms with E-state index in [-0.39, 0.29) is 12.3 Å². The van der Waals surface area contributed by atoms with E-state index in [1.54, 1.807) is 11.7 Å². The third-order valence-corrected chi connectivity index (χ3v) is 4.96. The fraction of sp³-hybridized carbons (Fsp3) is 0.500. The number of hydrogen-bond acceptors (Lipinski definition) is 5. The molecule has 0 saturated carbocycles. The minimum Gasteiger partial charge on any atom is -0.298 e. The van der Waals surface area contributed by atoms with Gasteiger partial charge in [-0.05, 0) is 31.9 Å².